The molecule has 1 N–H and O–H groups in total. The number of nitrogens with one attached hydrogen (secondary N) is 1. The molecule has 2 fully saturated rings. The molecule has 7 heteroatoms. The minimum absolute atomic E-state index is 0.185. The molecule has 2 aliphatic rings. The van der Waals surface area contributed by atoms with Crippen molar-refractivity contribution in [2.45, 2.75) is 31.9 Å². The Kier molecular flexibility index (Phi) is 4.19. The van der Waals surface area contributed by atoms with Gasteiger partial charge in [0.25, 0.3) is 0 Å². The zero-order valence-corrected chi connectivity index (χ0v) is 17.3. The van der Waals surface area contributed by atoms with Gasteiger partial charge in [0.15, 0.2) is 4.75 Å². The zero-order chi connectivity index (χ0) is 20.3. The number of para-hydroxylation sites is 1. The quantitative estimate of drug-likeness (QED) is 0.855. The highest BCUT2D eigenvalue weighted by Crippen LogP contribution is 2.59. The van der Waals surface area contributed by atoms with Gasteiger partial charge < -0.3 is 10.1 Å². The Morgan fingerprint density at radius 3 is 2.43 bits per heavy atom. The third-order valence-corrected chi connectivity index (χ3v) is 8.46. The first kappa shape index (κ1) is 18.8. The topological polar surface area (TPSA) is 75.7 Å². The maximum Gasteiger partial charge on any atom is 0.250 e. The second kappa shape index (κ2) is 6.24. The highest BCUT2D eigenvalue weighted by atomic mass is 32.2. The number of benzene rings is 2. The zero-order valence-electron chi connectivity index (χ0n) is 16.4. The predicted molar refractivity (Wildman–Crippen MR) is 109 cm³/mol. The highest BCUT2D eigenvalue weighted by Gasteiger charge is 2.75. The molecule has 0 radical (unpaired) electrons. The molecule has 2 aromatic rings. The molecule has 1 saturated carbocycles. The van der Waals surface area contributed by atoms with E-state index in [1.54, 1.807) is 19.2 Å². The van der Waals surface area contributed by atoms with Crippen LogP contribution in [-0.2, 0) is 14.8 Å². The molecular weight excluding hydrogens is 376 g/mol. The number of aryl methyl sites for hydroxylation is 3. The van der Waals surface area contributed by atoms with E-state index < -0.39 is 20.7 Å². The standard InChI is InChI=1S/C21H24N2O4S/c1-13-6-5-7-14(2)19(13)23-12-16-11-21(16,28(23,25)26)20(24)22-18-9-8-17(27-4)10-15(18)3/h5-10,16H,11-12H2,1-4H3,(H,22,24)/t16-,21-/m1/s1. The number of hydrogen-bond donors (Lipinski definition) is 1. The lowest BCUT2D eigenvalue weighted by Crippen LogP contribution is -2.42. The molecule has 4 rings (SSSR count). The van der Waals surface area contributed by atoms with Crippen molar-refractivity contribution >= 4 is 27.3 Å². The third-order valence-electron chi connectivity index (χ3n) is 5.94. The summed E-state index contributed by atoms with van der Waals surface area (Å²) >= 11 is 0. The molecule has 28 heavy (non-hydrogen) atoms. The van der Waals surface area contributed by atoms with Gasteiger partial charge in [-0.2, -0.15) is 0 Å². The van der Waals surface area contributed by atoms with Gasteiger partial charge in [0.05, 0.1) is 12.8 Å². The number of carbonyl (C=O) groups is 1. The fraction of sp³-hybridized carbons (Fsp3) is 0.381. The van der Waals surface area contributed by atoms with Crippen molar-refractivity contribution in [2.24, 2.45) is 5.92 Å². The van der Waals surface area contributed by atoms with Crippen LogP contribution in [0.5, 0.6) is 5.75 Å². The van der Waals surface area contributed by atoms with E-state index >= 15 is 0 Å². The van der Waals surface area contributed by atoms with E-state index in [0.717, 1.165) is 16.7 Å². The molecule has 0 aromatic heterocycles. The predicted octanol–water partition coefficient (Wildman–Crippen LogP) is 3.17. The van der Waals surface area contributed by atoms with E-state index in [1.807, 2.05) is 45.0 Å². The minimum atomic E-state index is -3.80. The summed E-state index contributed by atoms with van der Waals surface area (Å²) < 4.78 is 32.1. The lowest BCUT2D eigenvalue weighted by atomic mass is 10.1. The van der Waals surface area contributed by atoms with Crippen molar-refractivity contribution in [1.82, 2.24) is 0 Å². The molecule has 1 amide bonds. The molecular formula is C21H24N2O4S. The Hall–Kier alpha value is -2.54. The summed E-state index contributed by atoms with van der Waals surface area (Å²) in [6.45, 7) is 6.00. The number of fused-ring (bicyclic) bond motifs is 1. The van der Waals surface area contributed by atoms with Crippen molar-refractivity contribution in [3.63, 3.8) is 0 Å². The first-order chi connectivity index (χ1) is 13.2. The molecule has 0 unspecified atom stereocenters. The van der Waals surface area contributed by atoms with Gasteiger partial charge in [-0.3, -0.25) is 9.10 Å². The highest BCUT2D eigenvalue weighted by molar-refractivity contribution is 7.95. The second-order valence-corrected chi connectivity index (χ2v) is 9.82. The van der Waals surface area contributed by atoms with E-state index in [0.29, 0.717) is 30.1 Å². The van der Waals surface area contributed by atoms with E-state index in [2.05, 4.69) is 5.32 Å². The van der Waals surface area contributed by atoms with Crippen LogP contribution in [0.1, 0.15) is 23.1 Å². The Morgan fingerprint density at radius 1 is 1.14 bits per heavy atom. The number of nitrogens with zero attached hydrogens (tertiary/aromatic N) is 1. The normalized spacial score (nSPS) is 24.6. The number of hydrogen-bond acceptors (Lipinski definition) is 4. The van der Waals surface area contributed by atoms with E-state index in [1.165, 1.54) is 4.31 Å². The van der Waals surface area contributed by atoms with Gasteiger partial charge in [-0.15, -0.1) is 0 Å². The van der Waals surface area contributed by atoms with Crippen molar-refractivity contribution in [3.8, 4) is 5.75 Å². The summed E-state index contributed by atoms with van der Waals surface area (Å²) in [5.41, 5.74) is 3.91. The monoisotopic (exact) mass is 400 g/mol. The summed E-state index contributed by atoms with van der Waals surface area (Å²) in [5.74, 6) is 0.0576. The van der Waals surface area contributed by atoms with Gasteiger partial charge in [-0.1, -0.05) is 18.2 Å². The van der Waals surface area contributed by atoms with Gasteiger partial charge in [0.1, 0.15) is 5.75 Å². The summed E-state index contributed by atoms with van der Waals surface area (Å²) in [6, 6.07) is 11.0. The molecule has 2 aromatic carbocycles. The van der Waals surface area contributed by atoms with Crippen molar-refractivity contribution in [3.05, 3.63) is 53.1 Å². The molecule has 1 heterocycles. The average molecular weight is 401 g/mol. The van der Waals surface area contributed by atoms with Crippen molar-refractivity contribution in [1.29, 1.82) is 0 Å². The Morgan fingerprint density at radius 2 is 1.82 bits per heavy atom. The van der Waals surface area contributed by atoms with Crippen LogP contribution in [0.15, 0.2) is 36.4 Å². The average Bonchev–Trinajstić information content (AvgIpc) is 3.33. The van der Waals surface area contributed by atoms with Crippen LogP contribution >= 0.6 is 0 Å². The number of anilines is 2. The number of amides is 1. The largest absolute Gasteiger partial charge is 0.497 e. The fourth-order valence-corrected chi connectivity index (χ4v) is 6.76. The molecule has 0 spiro atoms. The van der Waals surface area contributed by atoms with E-state index in [4.69, 9.17) is 4.74 Å². The molecule has 0 bridgehead atoms. The lowest BCUT2D eigenvalue weighted by molar-refractivity contribution is -0.116. The molecule has 148 valence electrons. The van der Waals surface area contributed by atoms with Crippen LogP contribution in [0.2, 0.25) is 0 Å². The van der Waals surface area contributed by atoms with Crippen LogP contribution in [0.3, 0.4) is 0 Å². The van der Waals surface area contributed by atoms with Gasteiger partial charge in [0, 0.05) is 18.2 Å². The van der Waals surface area contributed by atoms with Crippen LogP contribution in [-0.4, -0.2) is 32.7 Å². The molecule has 1 aliphatic carbocycles. The smallest absolute Gasteiger partial charge is 0.250 e. The molecule has 1 saturated heterocycles. The van der Waals surface area contributed by atoms with Crippen LogP contribution in [0.25, 0.3) is 0 Å². The van der Waals surface area contributed by atoms with E-state index in [9.17, 15) is 13.2 Å². The van der Waals surface area contributed by atoms with Gasteiger partial charge in [-0.05, 0) is 62.1 Å². The van der Waals surface area contributed by atoms with Crippen LogP contribution in [0.4, 0.5) is 11.4 Å². The van der Waals surface area contributed by atoms with Crippen molar-refractivity contribution in [2.75, 3.05) is 23.3 Å². The van der Waals surface area contributed by atoms with E-state index in [-0.39, 0.29) is 5.92 Å². The number of carbonyl (C=O) groups excluding carboxylic acids is 1. The minimum Gasteiger partial charge on any atom is -0.497 e. The Balaban J connectivity index is 1.65. The maximum atomic E-state index is 13.4. The number of rotatable bonds is 4. The number of methoxy groups -OCH3 is 1. The summed E-state index contributed by atoms with van der Waals surface area (Å²) in [7, 11) is -2.22. The third kappa shape index (κ3) is 2.53. The van der Waals surface area contributed by atoms with Crippen molar-refractivity contribution < 1.29 is 17.9 Å². The van der Waals surface area contributed by atoms with Gasteiger partial charge >= 0.3 is 0 Å². The first-order valence-corrected chi connectivity index (χ1v) is 10.7. The van der Waals surface area contributed by atoms with Gasteiger partial charge in [0.2, 0.25) is 15.9 Å². The molecule has 2 atom stereocenters. The molecule has 1 aliphatic heterocycles. The van der Waals surface area contributed by atoms with Crippen LogP contribution < -0.4 is 14.4 Å². The summed E-state index contributed by atoms with van der Waals surface area (Å²) in [5, 5.41) is 2.84. The Bertz CT molecular complexity index is 1060. The SMILES string of the molecule is COc1ccc(NC(=O)[C@@]23C[C@@H]2CN(c2c(C)cccc2C)S3(=O)=O)c(C)c1. The fourth-order valence-electron chi connectivity index (χ4n) is 4.27. The maximum absolute atomic E-state index is 13.4. The first-order valence-electron chi connectivity index (χ1n) is 9.27. The lowest BCUT2D eigenvalue weighted by Gasteiger charge is -2.26. The van der Waals surface area contributed by atoms with Crippen LogP contribution in [0, 0.1) is 26.7 Å². The summed E-state index contributed by atoms with van der Waals surface area (Å²) in [4.78, 5) is 13.1. The summed E-state index contributed by atoms with van der Waals surface area (Å²) in [6.07, 6.45) is 0.373. The molecule has 6 nitrogen and oxygen atoms in total. The second-order valence-electron chi connectivity index (χ2n) is 7.70. The number of ether oxygens (including phenoxy) is 1. The Labute approximate surface area is 165 Å². The van der Waals surface area contributed by atoms with Gasteiger partial charge in [-0.25, -0.2) is 8.42 Å². The number of sulfonamides is 1.